The molecule has 0 bridgehead atoms. The lowest BCUT2D eigenvalue weighted by molar-refractivity contribution is -0.137. The molecule has 1 amide bonds. The number of carbonyl (C=O) groups excluding carboxylic acids is 1. The molecule has 0 aliphatic rings. The summed E-state index contributed by atoms with van der Waals surface area (Å²) < 4.78 is 1.07. The molecule has 1 rings (SSSR count). The van der Waals surface area contributed by atoms with Crippen molar-refractivity contribution in [1.82, 2.24) is 5.32 Å². The van der Waals surface area contributed by atoms with E-state index in [1.165, 1.54) is 6.92 Å². The summed E-state index contributed by atoms with van der Waals surface area (Å²) >= 11 is 2.17. The van der Waals surface area contributed by atoms with Gasteiger partial charge in [-0.05, 0) is 40.3 Å². The first-order chi connectivity index (χ1) is 7.49. The Kier molecular flexibility index (Phi) is 4.72. The van der Waals surface area contributed by atoms with Crippen molar-refractivity contribution >= 4 is 34.5 Å². The number of halogens is 1. The Labute approximate surface area is 107 Å². The largest absolute Gasteiger partial charge is 0.481 e. The number of rotatable bonds is 4. The molecule has 5 heteroatoms. The fraction of sp³-hybridized carbons (Fsp3) is 0.273. The molecule has 1 aromatic rings. The Balaban J connectivity index is 2.86. The number of benzene rings is 1. The number of aliphatic carboxylic acids is 1. The smallest absolute Gasteiger partial charge is 0.305 e. The zero-order chi connectivity index (χ0) is 12.1. The van der Waals surface area contributed by atoms with Crippen molar-refractivity contribution in [2.75, 3.05) is 0 Å². The van der Waals surface area contributed by atoms with E-state index in [4.69, 9.17) is 5.11 Å². The van der Waals surface area contributed by atoms with Crippen molar-refractivity contribution in [3.8, 4) is 0 Å². The molecule has 2 N–H and O–H groups in total. The molecule has 0 aliphatic heterocycles. The fourth-order valence-corrected chi connectivity index (χ4v) is 1.73. The molecular weight excluding hydrogens is 321 g/mol. The van der Waals surface area contributed by atoms with Gasteiger partial charge in [-0.2, -0.15) is 0 Å². The number of nitrogens with one attached hydrogen (secondary N) is 1. The van der Waals surface area contributed by atoms with Gasteiger partial charge in [0, 0.05) is 10.5 Å². The molecule has 16 heavy (non-hydrogen) atoms. The monoisotopic (exact) mass is 333 g/mol. The SMILES string of the molecule is CC(=O)NC(CC(=O)O)c1ccc(I)cc1. The van der Waals surface area contributed by atoms with Crippen LogP contribution in [0.2, 0.25) is 0 Å². The average Bonchev–Trinajstić information content (AvgIpc) is 2.16. The van der Waals surface area contributed by atoms with Gasteiger partial charge in [0.05, 0.1) is 12.5 Å². The Morgan fingerprint density at radius 2 is 1.94 bits per heavy atom. The van der Waals surface area contributed by atoms with E-state index >= 15 is 0 Å². The highest BCUT2D eigenvalue weighted by atomic mass is 127. The zero-order valence-electron chi connectivity index (χ0n) is 8.74. The van der Waals surface area contributed by atoms with Crippen molar-refractivity contribution < 1.29 is 14.7 Å². The molecule has 86 valence electrons. The van der Waals surface area contributed by atoms with Crippen molar-refractivity contribution in [3.05, 3.63) is 33.4 Å². The van der Waals surface area contributed by atoms with E-state index in [-0.39, 0.29) is 12.3 Å². The van der Waals surface area contributed by atoms with E-state index in [1.807, 2.05) is 24.3 Å². The average molecular weight is 333 g/mol. The Bertz CT molecular complexity index is 373. The summed E-state index contributed by atoms with van der Waals surface area (Å²) in [6.45, 7) is 1.38. The van der Waals surface area contributed by atoms with Crippen LogP contribution in [0.25, 0.3) is 0 Å². The van der Waals surface area contributed by atoms with E-state index in [0.717, 1.165) is 9.13 Å². The van der Waals surface area contributed by atoms with Crippen LogP contribution in [0, 0.1) is 3.57 Å². The molecule has 0 spiro atoms. The van der Waals surface area contributed by atoms with Crippen LogP contribution in [0.5, 0.6) is 0 Å². The summed E-state index contributed by atoms with van der Waals surface area (Å²) in [5.41, 5.74) is 0.804. The molecular formula is C11H12INO3. The summed E-state index contributed by atoms with van der Waals surface area (Å²) in [4.78, 5) is 21.6. The Hall–Kier alpha value is -1.11. The summed E-state index contributed by atoms with van der Waals surface area (Å²) in [6.07, 6.45) is -0.111. The Morgan fingerprint density at radius 3 is 2.38 bits per heavy atom. The van der Waals surface area contributed by atoms with Gasteiger partial charge < -0.3 is 10.4 Å². The number of carboxylic acids is 1. The molecule has 1 aromatic carbocycles. The van der Waals surface area contributed by atoms with Gasteiger partial charge in [0.25, 0.3) is 0 Å². The van der Waals surface area contributed by atoms with Crippen LogP contribution in [0.4, 0.5) is 0 Å². The maximum atomic E-state index is 11.0. The molecule has 0 aromatic heterocycles. The van der Waals surface area contributed by atoms with Crippen LogP contribution in [-0.4, -0.2) is 17.0 Å². The molecule has 4 nitrogen and oxygen atoms in total. The molecule has 1 atom stereocenters. The first-order valence-electron chi connectivity index (χ1n) is 4.73. The molecule has 1 unspecified atom stereocenters. The van der Waals surface area contributed by atoms with Gasteiger partial charge in [-0.3, -0.25) is 9.59 Å². The second-order valence-corrected chi connectivity index (χ2v) is 4.65. The minimum absolute atomic E-state index is 0.111. The van der Waals surface area contributed by atoms with Crippen LogP contribution in [0.15, 0.2) is 24.3 Å². The van der Waals surface area contributed by atoms with E-state index < -0.39 is 12.0 Å². The lowest BCUT2D eigenvalue weighted by Crippen LogP contribution is -2.27. The quantitative estimate of drug-likeness (QED) is 0.828. The van der Waals surface area contributed by atoms with Crippen LogP contribution in [-0.2, 0) is 9.59 Å². The van der Waals surface area contributed by atoms with Crippen LogP contribution in [0.1, 0.15) is 24.9 Å². The van der Waals surface area contributed by atoms with E-state index in [0.29, 0.717) is 0 Å². The fourth-order valence-electron chi connectivity index (χ4n) is 1.37. The molecule has 0 saturated carbocycles. The molecule has 0 fully saturated rings. The molecule has 0 saturated heterocycles. The van der Waals surface area contributed by atoms with Crippen molar-refractivity contribution in [3.63, 3.8) is 0 Å². The molecule has 0 aliphatic carbocycles. The van der Waals surface area contributed by atoms with Gasteiger partial charge in [0.1, 0.15) is 0 Å². The third kappa shape index (κ3) is 4.18. The highest BCUT2D eigenvalue weighted by molar-refractivity contribution is 14.1. The molecule has 0 heterocycles. The summed E-state index contributed by atoms with van der Waals surface area (Å²) in [5.74, 6) is -1.16. The zero-order valence-corrected chi connectivity index (χ0v) is 10.9. The highest BCUT2D eigenvalue weighted by Crippen LogP contribution is 2.18. The number of hydrogen-bond acceptors (Lipinski definition) is 2. The standard InChI is InChI=1S/C11H12INO3/c1-7(14)13-10(6-11(15)16)8-2-4-9(12)5-3-8/h2-5,10H,6H2,1H3,(H,13,14)(H,15,16). The number of carbonyl (C=O) groups is 2. The van der Waals surface area contributed by atoms with Gasteiger partial charge in [0.2, 0.25) is 5.91 Å². The predicted molar refractivity (Wildman–Crippen MR) is 68.0 cm³/mol. The number of amides is 1. The van der Waals surface area contributed by atoms with Gasteiger partial charge in [-0.15, -0.1) is 0 Å². The predicted octanol–water partition coefficient (Wildman–Crippen LogP) is 1.94. The van der Waals surface area contributed by atoms with Crippen molar-refractivity contribution in [2.24, 2.45) is 0 Å². The van der Waals surface area contributed by atoms with Gasteiger partial charge in [-0.1, -0.05) is 12.1 Å². The first kappa shape index (κ1) is 13.0. The lowest BCUT2D eigenvalue weighted by Gasteiger charge is -2.16. The minimum Gasteiger partial charge on any atom is -0.481 e. The maximum absolute atomic E-state index is 11.0. The molecule has 0 radical (unpaired) electrons. The van der Waals surface area contributed by atoms with Crippen LogP contribution in [0.3, 0.4) is 0 Å². The van der Waals surface area contributed by atoms with Gasteiger partial charge in [-0.25, -0.2) is 0 Å². The normalized spacial score (nSPS) is 11.9. The van der Waals surface area contributed by atoms with Crippen molar-refractivity contribution in [1.29, 1.82) is 0 Å². The van der Waals surface area contributed by atoms with Gasteiger partial charge >= 0.3 is 5.97 Å². The van der Waals surface area contributed by atoms with E-state index in [9.17, 15) is 9.59 Å². The summed E-state index contributed by atoms with van der Waals surface area (Å²) in [5, 5.41) is 11.4. The Morgan fingerprint density at radius 1 is 1.38 bits per heavy atom. The second kappa shape index (κ2) is 5.83. The first-order valence-corrected chi connectivity index (χ1v) is 5.81. The second-order valence-electron chi connectivity index (χ2n) is 3.40. The lowest BCUT2D eigenvalue weighted by atomic mass is 10.0. The third-order valence-electron chi connectivity index (χ3n) is 2.03. The summed E-state index contributed by atoms with van der Waals surface area (Å²) in [6, 6.07) is 6.95. The minimum atomic E-state index is -0.933. The van der Waals surface area contributed by atoms with Crippen LogP contribution >= 0.6 is 22.6 Å². The highest BCUT2D eigenvalue weighted by Gasteiger charge is 2.16. The van der Waals surface area contributed by atoms with Crippen LogP contribution < -0.4 is 5.32 Å². The van der Waals surface area contributed by atoms with Gasteiger partial charge in [0.15, 0.2) is 0 Å². The van der Waals surface area contributed by atoms with E-state index in [2.05, 4.69) is 27.9 Å². The number of carboxylic acid groups (broad SMARTS) is 1. The topological polar surface area (TPSA) is 66.4 Å². The third-order valence-corrected chi connectivity index (χ3v) is 2.75. The van der Waals surface area contributed by atoms with Crippen molar-refractivity contribution in [2.45, 2.75) is 19.4 Å². The number of hydrogen-bond donors (Lipinski definition) is 2. The van der Waals surface area contributed by atoms with E-state index in [1.54, 1.807) is 0 Å². The summed E-state index contributed by atoms with van der Waals surface area (Å²) in [7, 11) is 0. The maximum Gasteiger partial charge on any atom is 0.305 e.